The van der Waals surface area contributed by atoms with E-state index in [1.54, 1.807) is 0 Å². The number of aliphatic hydroxyl groups is 1. The van der Waals surface area contributed by atoms with Crippen LogP contribution in [-0.2, 0) is 4.79 Å². The molecule has 1 unspecified atom stereocenters. The molecular formula is C12H20N2O2. The minimum absolute atomic E-state index is 0.0203. The molecule has 2 N–H and O–H groups in total. The highest BCUT2D eigenvalue weighted by Gasteiger charge is 2.30. The van der Waals surface area contributed by atoms with Crippen LogP contribution >= 0.6 is 0 Å². The molecule has 1 fully saturated rings. The minimum atomic E-state index is -1.20. The summed E-state index contributed by atoms with van der Waals surface area (Å²) in [6, 6.07) is 1.10. The second-order valence-corrected chi connectivity index (χ2v) is 5.06. The molecule has 1 amide bonds. The second-order valence-electron chi connectivity index (χ2n) is 5.06. The van der Waals surface area contributed by atoms with E-state index in [9.17, 15) is 9.90 Å². The summed E-state index contributed by atoms with van der Waals surface area (Å²) >= 11 is 0. The Balaban J connectivity index is 2.52. The van der Waals surface area contributed by atoms with Crippen molar-refractivity contribution in [2.45, 2.75) is 57.6 Å². The molecule has 4 nitrogen and oxygen atoms in total. The van der Waals surface area contributed by atoms with Crippen LogP contribution in [0.2, 0.25) is 0 Å². The fourth-order valence-electron chi connectivity index (χ4n) is 1.99. The molecule has 0 heterocycles. The van der Waals surface area contributed by atoms with Gasteiger partial charge in [-0.2, -0.15) is 5.26 Å². The summed E-state index contributed by atoms with van der Waals surface area (Å²) < 4.78 is 0. The van der Waals surface area contributed by atoms with Crippen LogP contribution in [0, 0.1) is 17.2 Å². The Morgan fingerprint density at radius 1 is 1.44 bits per heavy atom. The molecule has 1 aliphatic rings. The average Bonchev–Trinajstić information content (AvgIpc) is 2.25. The zero-order chi connectivity index (χ0) is 12.2. The summed E-state index contributed by atoms with van der Waals surface area (Å²) in [5, 5.41) is 21.2. The summed E-state index contributed by atoms with van der Waals surface area (Å²) in [6.45, 7) is 3.06. The maximum atomic E-state index is 11.8. The number of nitrogens with one attached hydrogen (secondary N) is 1. The van der Waals surface area contributed by atoms with Gasteiger partial charge in [-0.25, -0.2) is 0 Å². The first-order valence-corrected chi connectivity index (χ1v) is 5.87. The predicted molar refractivity (Wildman–Crippen MR) is 60.4 cm³/mol. The highest BCUT2D eigenvalue weighted by Crippen LogP contribution is 2.24. The molecule has 0 saturated heterocycles. The summed E-state index contributed by atoms with van der Waals surface area (Å²) in [7, 11) is 0. The van der Waals surface area contributed by atoms with Crippen molar-refractivity contribution >= 4 is 5.91 Å². The monoisotopic (exact) mass is 224 g/mol. The van der Waals surface area contributed by atoms with E-state index in [0.717, 1.165) is 25.7 Å². The molecule has 4 heteroatoms. The van der Waals surface area contributed by atoms with E-state index in [1.165, 1.54) is 20.3 Å². The lowest BCUT2D eigenvalue weighted by atomic mass is 9.88. The molecule has 90 valence electrons. The van der Waals surface area contributed by atoms with Crippen LogP contribution in [0.3, 0.4) is 0 Å². The van der Waals surface area contributed by atoms with Gasteiger partial charge in [-0.3, -0.25) is 4.79 Å². The minimum Gasteiger partial charge on any atom is -0.387 e. The number of carbonyl (C=O) groups excluding carboxylic acids is 1. The maximum absolute atomic E-state index is 11.8. The zero-order valence-electron chi connectivity index (χ0n) is 9.99. The van der Waals surface area contributed by atoms with E-state index in [-0.39, 0.29) is 11.8 Å². The van der Waals surface area contributed by atoms with E-state index >= 15 is 0 Å². The number of hydrogen-bond acceptors (Lipinski definition) is 3. The van der Waals surface area contributed by atoms with Crippen LogP contribution in [0.25, 0.3) is 0 Å². The van der Waals surface area contributed by atoms with Crippen molar-refractivity contribution in [2.24, 2.45) is 5.92 Å². The van der Waals surface area contributed by atoms with Crippen LogP contribution in [0.4, 0.5) is 0 Å². The van der Waals surface area contributed by atoms with Gasteiger partial charge in [0, 0.05) is 5.92 Å². The van der Waals surface area contributed by atoms with Crippen LogP contribution in [-0.4, -0.2) is 22.7 Å². The fourth-order valence-corrected chi connectivity index (χ4v) is 1.99. The molecule has 1 rings (SSSR count). The normalized spacial score (nSPS) is 19.9. The molecule has 0 radical (unpaired) electrons. The molecule has 0 aliphatic heterocycles. The Bertz CT molecular complexity index is 282. The van der Waals surface area contributed by atoms with Gasteiger partial charge in [0.15, 0.2) is 0 Å². The van der Waals surface area contributed by atoms with Gasteiger partial charge in [0.25, 0.3) is 0 Å². The van der Waals surface area contributed by atoms with Crippen LogP contribution in [0.1, 0.15) is 46.0 Å². The Morgan fingerprint density at radius 3 is 2.44 bits per heavy atom. The molecule has 0 spiro atoms. The van der Waals surface area contributed by atoms with Crippen molar-refractivity contribution in [1.82, 2.24) is 5.32 Å². The molecule has 1 atom stereocenters. The van der Waals surface area contributed by atoms with Crippen molar-refractivity contribution in [3.63, 3.8) is 0 Å². The van der Waals surface area contributed by atoms with E-state index in [0.29, 0.717) is 0 Å². The first kappa shape index (κ1) is 13.0. The predicted octanol–water partition coefficient (Wildman–Crippen LogP) is 1.35. The summed E-state index contributed by atoms with van der Waals surface area (Å²) in [5.74, 6) is -0.0691. The lowest BCUT2D eigenvalue weighted by Gasteiger charge is -2.27. The van der Waals surface area contributed by atoms with Crippen molar-refractivity contribution in [2.75, 3.05) is 0 Å². The Labute approximate surface area is 96.6 Å². The number of hydrogen-bond donors (Lipinski definition) is 2. The third-order valence-electron chi connectivity index (χ3n) is 3.10. The van der Waals surface area contributed by atoms with Crippen molar-refractivity contribution in [1.29, 1.82) is 5.26 Å². The Kier molecular flexibility index (Phi) is 4.31. The first-order valence-electron chi connectivity index (χ1n) is 5.87. The van der Waals surface area contributed by atoms with Gasteiger partial charge in [-0.1, -0.05) is 19.3 Å². The van der Waals surface area contributed by atoms with Crippen LogP contribution in [0.15, 0.2) is 0 Å². The maximum Gasteiger partial charge on any atom is 0.224 e. The lowest BCUT2D eigenvalue weighted by molar-refractivity contribution is -0.127. The first-order chi connectivity index (χ1) is 7.45. The van der Waals surface area contributed by atoms with Gasteiger partial charge in [0.2, 0.25) is 5.91 Å². The smallest absolute Gasteiger partial charge is 0.224 e. The molecule has 1 saturated carbocycles. The Morgan fingerprint density at radius 2 is 2.00 bits per heavy atom. The largest absolute Gasteiger partial charge is 0.387 e. The SMILES string of the molecule is CC(C)(O)C(C#N)NC(=O)C1CCCCC1. The molecule has 1 aliphatic carbocycles. The quantitative estimate of drug-likeness (QED) is 0.760. The standard InChI is InChI=1S/C12H20N2O2/c1-12(2,16)10(8-13)14-11(15)9-6-4-3-5-7-9/h9-10,16H,3-7H2,1-2H3,(H,14,15). The van der Waals surface area contributed by atoms with Crippen LogP contribution in [0.5, 0.6) is 0 Å². The highest BCUT2D eigenvalue weighted by atomic mass is 16.3. The van der Waals surface area contributed by atoms with E-state index < -0.39 is 11.6 Å². The average molecular weight is 224 g/mol. The number of nitriles is 1. The van der Waals surface area contributed by atoms with E-state index in [2.05, 4.69) is 5.32 Å². The van der Waals surface area contributed by atoms with Gasteiger partial charge in [-0.15, -0.1) is 0 Å². The molecule has 16 heavy (non-hydrogen) atoms. The van der Waals surface area contributed by atoms with Gasteiger partial charge in [-0.05, 0) is 26.7 Å². The molecule has 0 aromatic heterocycles. The van der Waals surface area contributed by atoms with E-state index in [1.807, 2.05) is 6.07 Å². The van der Waals surface area contributed by atoms with Gasteiger partial charge < -0.3 is 10.4 Å². The second kappa shape index (κ2) is 5.31. The van der Waals surface area contributed by atoms with Crippen molar-refractivity contribution in [3.05, 3.63) is 0 Å². The number of rotatable bonds is 3. The molecular weight excluding hydrogens is 204 g/mol. The number of amides is 1. The lowest BCUT2D eigenvalue weighted by Crippen LogP contribution is -2.50. The van der Waals surface area contributed by atoms with Gasteiger partial charge >= 0.3 is 0 Å². The van der Waals surface area contributed by atoms with Gasteiger partial charge in [0.05, 0.1) is 11.7 Å². The van der Waals surface area contributed by atoms with Crippen LogP contribution < -0.4 is 5.32 Å². The van der Waals surface area contributed by atoms with Crippen molar-refractivity contribution < 1.29 is 9.90 Å². The fraction of sp³-hybridized carbons (Fsp3) is 0.833. The summed E-state index contributed by atoms with van der Waals surface area (Å²) in [5.41, 5.74) is -1.20. The summed E-state index contributed by atoms with van der Waals surface area (Å²) in [4.78, 5) is 11.8. The molecule has 0 bridgehead atoms. The highest BCUT2D eigenvalue weighted by molar-refractivity contribution is 5.79. The zero-order valence-corrected chi connectivity index (χ0v) is 9.99. The molecule has 0 aromatic carbocycles. The third kappa shape index (κ3) is 3.49. The molecule has 0 aromatic rings. The van der Waals surface area contributed by atoms with E-state index in [4.69, 9.17) is 5.26 Å². The summed E-state index contributed by atoms with van der Waals surface area (Å²) in [6.07, 6.45) is 5.15. The van der Waals surface area contributed by atoms with Gasteiger partial charge in [0.1, 0.15) is 6.04 Å². The third-order valence-corrected chi connectivity index (χ3v) is 3.10. The number of carbonyl (C=O) groups is 1. The number of nitrogens with zero attached hydrogens (tertiary/aromatic N) is 1. The topological polar surface area (TPSA) is 73.1 Å². The van der Waals surface area contributed by atoms with Crippen molar-refractivity contribution in [3.8, 4) is 6.07 Å². The Hall–Kier alpha value is -1.08.